The van der Waals surface area contributed by atoms with Gasteiger partial charge in [-0.15, -0.1) is 0 Å². The first-order chi connectivity index (χ1) is 9.63. The average Bonchev–Trinajstić information content (AvgIpc) is 2.96. The van der Waals surface area contributed by atoms with Crippen molar-refractivity contribution in [1.29, 1.82) is 0 Å². The monoisotopic (exact) mass is 278 g/mol. The van der Waals surface area contributed by atoms with Gasteiger partial charge in [0.2, 0.25) is 5.91 Å². The van der Waals surface area contributed by atoms with Gasteiger partial charge in [0, 0.05) is 13.7 Å². The predicted molar refractivity (Wildman–Crippen MR) is 76.8 cm³/mol. The van der Waals surface area contributed by atoms with Gasteiger partial charge in [0.1, 0.15) is 5.75 Å². The van der Waals surface area contributed by atoms with Crippen molar-refractivity contribution in [3.8, 4) is 5.75 Å². The van der Waals surface area contributed by atoms with Crippen LogP contribution in [0.25, 0.3) is 0 Å². The van der Waals surface area contributed by atoms with Crippen LogP contribution in [0.1, 0.15) is 24.9 Å². The molecule has 110 valence electrons. The van der Waals surface area contributed by atoms with Crippen molar-refractivity contribution in [3.05, 3.63) is 29.8 Å². The first-order valence-electron chi connectivity index (χ1n) is 6.84. The van der Waals surface area contributed by atoms with Crippen LogP contribution in [0.3, 0.4) is 0 Å². The molecule has 0 bridgehead atoms. The molecule has 5 heteroatoms. The topological polar surface area (TPSA) is 59.6 Å². The van der Waals surface area contributed by atoms with E-state index in [1.165, 1.54) is 0 Å². The number of carbonyl (C=O) groups excluding carboxylic acids is 1. The van der Waals surface area contributed by atoms with E-state index in [1.807, 2.05) is 31.2 Å². The fourth-order valence-corrected chi connectivity index (χ4v) is 2.39. The third-order valence-electron chi connectivity index (χ3n) is 3.69. The number of ether oxygens (including phenoxy) is 2. The Labute approximate surface area is 119 Å². The lowest BCUT2D eigenvalue weighted by atomic mass is 10.1. The molecule has 2 rings (SSSR count). The zero-order valence-corrected chi connectivity index (χ0v) is 12.2. The van der Waals surface area contributed by atoms with Crippen LogP contribution in [0, 0.1) is 0 Å². The predicted octanol–water partition coefficient (Wildman–Crippen LogP) is 1.25. The minimum Gasteiger partial charge on any atom is -0.497 e. The Morgan fingerprint density at radius 3 is 2.90 bits per heavy atom. The Morgan fingerprint density at radius 2 is 2.25 bits per heavy atom. The number of methoxy groups -OCH3 is 2. The summed E-state index contributed by atoms with van der Waals surface area (Å²) in [5.41, 5.74) is 1.03. The lowest BCUT2D eigenvalue weighted by molar-refractivity contribution is -0.123. The van der Waals surface area contributed by atoms with Gasteiger partial charge >= 0.3 is 0 Å². The summed E-state index contributed by atoms with van der Waals surface area (Å²) in [7, 11) is 3.31. The minimum atomic E-state index is -0.173. The SMILES string of the molecule is COc1cccc(C(C)NC(=O)C2CC(OC)CN2)c1. The molecule has 0 aliphatic carbocycles. The maximum atomic E-state index is 12.2. The van der Waals surface area contributed by atoms with Crippen LogP contribution in [-0.4, -0.2) is 38.8 Å². The molecule has 1 amide bonds. The zero-order valence-electron chi connectivity index (χ0n) is 12.2. The van der Waals surface area contributed by atoms with Crippen molar-refractivity contribution in [2.45, 2.75) is 31.5 Å². The molecule has 1 aromatic carbocycles. The summed E-state index contributed by atoms with van der Waals surface area (Å²) in [6.07, 6.45) is 0.838. The number of benzene rings is 1. The van der Waals surface area contributed by atoms with E-state index in [9.17, 15) is 4.79 Å². The Balaban J connectivity index is 1.93. The quantitative estimate of drug-likeness (QED) is 0.851. The summed E-state index contributed by atoms with van der Waals surface area (Å²) >= 11 is 0. The van der Waals surface area contributed by atoms with Crippen molar-refractivity contribution >= 4 is 5.91 Å². The van der Waals surface area contributed by atoms with E-state index < -0.39 is 0 Å². The number of hydrogen-bond acceptors (Lipinski definition) is 4. The molecular formula is C15H22N2O3. The van der Waals surface area contributed by atoms with E-state index in [1.54, 1.807) is 14.2 Å². The van der Waals surface area contributed by atoms with Gasteiger partial charge in [0.15, 0.2) is 0 Å². The van der Waals surface area contributed by atoms with Crippen molar-refractivity contribution in [2.24, 2.45) is 0 Å². The van der Waals surface area contributed by atoms with Gasteiger partial charge in [-0.1, -0.05) is 12.1 Å². The molecule has 0 saturated carbocycles. The summed E-state index contributed by atoms with van der Waals surface area (Å²) < 4.78 is 10.4. The number of nitrogens with one attached hydrogen (secondary N) is 2. The molecule has 0 spiro atoms. The minimum absolute atomic E-state index is 0.0138. The largest absolute Gasteiger partial charge is 0.497 e. The van der Waals surface area contributed by atoms with Crippen molar-refractivity contribution in [1.82, 2.24) is 10.6 Å². The zero-order chi connectivity index (χ0) is 14.5. The Hall–Kier alpha value is -1.59. The molecule has 20 heavy (non-hydrogen) atoms. The summed E-state index contributed by atoms with van der Waals surface area (Å²) in [4.78, 5) is 12.2. The van der Waals surface area contributed by atoms with Crippen molar-refractivity contribution < 1.29 is 14.3 Å². The molecule has 0 aromatic heterocycles. The van der Waals surface area contributed by atoms with Gasteiger partial charge in [-0.3, -0.25) is 4.79 Å². The molecule has 1 aromatic rings. The average molecular weight is 278 g/mol. The molecule has 1 fully saturated rings. The maximum absolute atomic E-state index is 12.2. The standard InChI is InChI=1S/C15H22N2O3/c1-10(11-5-4-6-12(7-11)19-2)17-15(18)14-8-13(20-3)9-16-14/h4-7,10,13-14,16H,8-9H2,1-3H3,(H,17,18). The normalized spacial score (nSPS) is 23.4. The summed E-state index contributed by atoms with van der Waals surface area (Å²) in [5, 5.41) is 6.20. The Morgan fingerprint density at radius 1 is 1.45 bits per heavy atom. The molecule has 1 aliphatic rings. The third kappa shape index (κ3) is 3.49. The molecular weight excluding hydrogens is 256 g/mol. The first-order valence-corrected chi connectivity index (χ1v) is 6.84. The smallest absolute Gasteiger partial charge is 0.237 e. The lowest BCUT2D eigenvalue weighted by Crippen LogP contribution is -2.41. The van der Waals surface area contributed by atoms with Gasteiger partial charge in [0.05, 0.1) is 25.3 Å². The molecule has 1 saturated heterocycles. The van der Waals surface area contributed by atoms with Crippen LogP contribution < -0.4 is 15.4 Å². The fourth-order valence-electron chi connectivity index (χ4n) is 2.39. The van der Waals surface area contributed by atoms with E-state index in [-0.39, 0.29) is 24.1 Å². The molecule has 3 atom stereocenters. The number of hydrogen-bond donors (Lipinski definition) is 2. The van der Waals surface area contributed by atoms with Gasteiger partial charge < -0.3 is 20.1 Å². The molecule has 2 N–H and O–H groups in total. The van der Waals surface area contributed by atoms with Crippen molar-refractivity contribution in [2.75, 3.05) is 20.8 Å². The summed E-state index contributed by atoms with van der Waals surface area (Å²) in [6.45, 7) is 2.69. The van der Waals surface area contributed by atoms with Gasteiger partial charge in [-0.05, 0) is 31.0 Å². The second-order valence-electron chi connectivity index (χ2n) is 5.06. The molecule has 5 nitrogen and oxygen atoms in total. The highest BCUT2D eigenvalue weighted by Crippen LogP contribution is 2.19. The molecule has 1 heterocycles. The van der Waals surface area contributed by atoms with Crippen molar-refractivity contribution in [3.63, 3.8) is 0 Å². The Bertz CT molecular complexity index is 464. The lowest BCUT2D eigenvalue weighted by Gasteiger charge is -2.18. The molecule has 3 unspecified atom stereocenters. The van der Waals surface area contributed by atoms with Crippen LogP contribution in [-0.2, 0) is 9.53 Å². The van der Waals surface area contributed by atoms with Crippen LogP contribution >= 0.6 is 0 Å². The van der Waals surface area contributed by atoms with E-state index in [0.29, 0.717) is 6.42 Å². The molecule has 0 radical (unpaired) electrons. The summed E-state index contributed by atoms with van der Waals surface area (Å²) in [5.74, 6) is 0.807. The highest BCUT2D eigenvalue weighted by atomic mass is 16.5. The van der Waals surface area contributed by atoms with Crippen LogP contribution in [0.5, 0.6) is 5.75 Å². The third-order valence-corrected chi connectivity index (χ3v) is 3.69. The Kier molecular flexibility index (Phi) is 4.98. The van der Waals surface area contributed by atoms with Crippen LogP contribution in [0.4, 0.5) is 0 Å². The summed E-state index contributed by atoms with van der Waals surface area (Å²) in [6, 6.07) is 7.50. The van der Waals surface area contributed by atoms with E-state index in [2.05, 4.69) is 10.6 Å². The highest BCUT2D eigenvalue weighted by molar-refractivity contribution is 5.82. The van der Waals surface area contributed by atoms with E-state index in [4.69, 9.17) is 9.47 Å². The van der Waals surface area contributed by atoms with Crippen LogP contribution in [0.15, 0.2) is 24.3 Å². The van der Waals surface area contributed by atoms with E-state index in [0.717, 1.165) is 17.9 Å². The van der Waals surface area contributed by atoms with Gasteiger partial charge in [-0.2, -0.15) is 0 Å². The maximum Gasteiger partial charge on any atom is 0.237 e. The van der Waals surface area contributed by atoms with Crippen LogP contribution in [0.2, 0.25) is 0 Å². The first kappa shape index (κ1) is 14.8. The molecule has 1 aliphatic heterocycles. The number of rotatable bonds is 5. The van der Waals surface area contributed by atoms with E-state index >= 15 is 0 Å². The number of amides is 1. The number of carbonyl (C=O) groups is 1. The fraction of sp³-hybridized carbons (Fsp3) is 0.533. The van der Waals surface area contributed by atoms with Gasteiger partial charge in [-0.25, -0.2) is 0 Å². The van der Waals surface area contributed by atoms with Gasteiger partial charge in [0.25, 0.3) is 0 Å². The second-order valence-corrected chi connectivity index (χ2v) is 5.06. The highest BCUT2D eigenvalue weighted by Gasteiger charge is 2.29. The second kappa shape index (κ2) is 6.72.